The average Bonchev–Trinajstić information content (AvgIpc) is 3.39. The molecule has 2 aromatic heterocycles. The van der Waals surface area contributed by atoms with Crippen LogP contribution in [0.4, 0.5) is 17.6 Å². The third-order valence-corrected chi connectivity index (χ3v) is 7.91. The number of likely N-dealkylation sites (N-methyl/N-ethyl adjacent to an activating group) is 2. The lowest BCUT2D eigenvalue weighted by atomic mass is 9.73. The molecule has 0 amide bonds. The van der Waals surface area contributed by atoms with Gasteiger partial charge in [0, 0.05) is 62.1 Å². The second-order valence-corrected chi connectivity index (χ2v) is 10.8. The number of halogens is 4. The van der Waals surface area contributed by atoms with Crippen LogP contribution in [0.1, 0.15) is 22.4 Å². The molecule has 0 saturated heterocycles. The van der Waals surface area contributed by atoms with Gasteiger partial charge in [0.2, 0.25) is 0 Å². The van der Waals surface area contributed by atoms with Gasteiger partial charge in [-0.2, -0.15) is 18.3 Å². The molecule has 5 rings (SSSR count). The first-order chi connectivity index (χ1) is 19.5. The molecule has 1 aliphatic carbocycles. The second-order valence-electron chi connectivity index (χ2n) is 10.8. The normalized spacial score (nSPS) is 15.1. The van der Waals surface area contributed by atoms with Crippen LogP contribution in [0.25, 0.3) is 22.7 Å². The van der Waals surface area contributed by atoms with Crippen molar-refractivity contribution in [2.24, 2.45) is 7.05 Å². The van der Waals surface area contributed by atoms with Gasteiger partial charge in [-0.1, -0.05) is 18.2 Å². The van der Waals surface area contributed by atoms with Gasteiger partial charge in [-0.15, -0.1) is 0 Å². The number of allylic oxidation sites excluding steroid dienone is 2. The number of aliphatic hydroxyl groups excluding tert-OH is 1. The van der Waals surface area contributed by atoms with Gasteiger partial charge >= 0.3 is 6.18 Å². The number of hydrogen-bond donors (Lipinski definition) is 1. The molecule has 1 atom stereocenters. The summed E-state index contributed by atoms with van der Waals surface area (Å²) >= 11 is 0. The summed E-state index contributed by atoms with van der Waals surface area (Å²) in [6.07, 6.45) is 4.20. The zero-order valence-corrected chi connectivity index (χ0v) is 23.5. The van der Waals surface area contributed by atoms with Gasteiger partial charge in [-0.25, -0.2) is 9.07 Å². The van der Waals surface area contributed by atoms with Crippen molar-refractivity contribution >= 4 is 17.0 Å². The first-order valence-electron chi connectivity index (χ1n) is 13.3. The Labute approximate surface area is 236 Å². The SMILES string of the molecule is CN(C)CCN(C)C1=CCc2c(c(C(CO)(c3ccc4c(cnn4-c4ccc(F)cc4)c3)C(F)(F)F)cn2C)C=C1. The Hall–Kier alpha value is -3.89. The molecule has 0 bridgehead atoms. The van der Waals surface area contributed by atoms with Crippen LogP contribution in [-0.2, 0) is 18.9 Å². The fourth-order valence-corrected chi connectivity index (χ4v) is 5.49. The van der Waals surface area contributed by atoms with Crippen molar-refractivity contribution in [2.45, 2.75) is 18.0 Å². The summed E-state index contributed by atoms with van der Waals surface area (Å²) in [5.41, 5.74) is 0.499. The molecular formula is C31H33F4N5O. The Balaban J connectivity index is 1.60. The lowest BCUT2D eigenvalue weighted by Crippen LogP contribution is -2.47. The van der Waals surface area contributed by atoms with E-state index in [9.17, 15) is 9.50 Å². The molecule has 0 radical (unpaired) electrons. The largest absolute Gasteiger partial charge is 0.404 e. The third kappa shape index (κ3) is 5.06. The molecule has 1 unspecified atom stereocenters. The summed E-state index contributed by atoms with van der Waals surface area (Å²) in [6.45, 7) is 0.435. The van der Waals surface area contributed by atoms with Gasteiger partial charge in [0.1, 0.15) is 11.2 Å². The highest BCUT2D eigenvalue weighted by Crippen LogP contribution is 2.49. The van der Waals surface area contributed by atoms with E-state index in [-0.39, 0.29) is 11.1 Å². The quantitative estimate of drug-likeness (QED) is 0.294. The van der Waals surface area contributed by atoms with Crippen LogP contribution in [0.5, 0.6) is 0 Å². The topological polar surface area (TPSA) is 49.5 Å². The van der Waals surface area contributed by atoms with Crippen molar-refractivity contribution in [1.29, 1.82) is 0 Å². The molecular weight excluding hydrogens is 534 g/mol. The monoisotopic (exact) mass is 567 g/mol. The highest BCUT2D eigenvalue weighted by atomic mass is 19.4. The van der Waals surface area contributed by atoms with Crippen LogP contribution in [0, 0.1) is 5.82 Å². The number of fused-ring (bicyclic) bond motifs is 2. The highest BCUT2D eigenvalue weighted by molar-refractivity contribution is 5.82. The summed E-state index contributed by atoms with van der Waals surface area (Å²) in [4.78, 5) is 4.15. The van der Waals surface area contributed by atoms with Gasteiger partial charge < -0.3 is 19.5 Å². The summed E-state index contributed by atoms with van der Waals surface area (Å²) in [5, 5.41) is 15.4. The Kier molecular flexibility index (Phi) is 7.56. The number of aryl methyl sites for hydroxylation is 1. The van der Waals surface area contributed by atoms with Gasteiger partial charge in [0.25, 0.3) is 0 Å². The van der Waals surface area contributed by atoms with Crippen LogP contribution in [0.3, 0.4) is 0 Å². The van der Waals surface area contributed by atoms with Crippen molar-refractivity contribution in [3.63, 3.8) is 0 Å². The number of benzene rings is 2. The lowest BCUT2D eigenvalue weighted by Gasteiger charge is -2.35. The molecule has 216 valence electrons. The highest BCUT2D eigenvalue weighted by Gasteiger charge is 2.58. The Bertz CT molecular complexity index is 1610. The lowest BCUT2D eigenvalue weighted by molar-refractivity contribution is -0.187. The molecule has 0 aliphatic heterocycles. The van der Waals surface area contributed by atoms with Crippen molar-refractivity contribution in [3.05, 3.63) is 101 Å². The van der Waals surface area contributed by atoms with Crippen molar-refractivity contribution in [3.8, 4) is 5.69 Å². The van der Waals surface area contributed by atoms with Crippen LogP contribution in [0.2, 0.25) is 0 Å². The summed E-state index contributed by atoms with van der Waals surface area (Å²) in [6, 6.07) is 10.1. The van der Waals surface area contributed by atoms with E-state index in [4.69, 9.17) is 0 Å². The maximum atomic E-state index is 15.2. The molecule has 2 heterocycles. The zero-order valence-electron chi connectivity index (χ0n) is 23.5. The summed E-state index contributed by atoms with van der Waals surface area (Å²) < 4.78 is 62.4. The van der Waals surface area contributed by atoms with Gasteiger partial charge in [-0.3, -0.25) is 0 Å². The smallest absolute Gasteiger partial charge is 0.395 e. The predicted molar refractivity (Wildman–Crippen MR) is 152 cm³/mol. The molecule has 6 nitrogen and oxygen atoms in total. The number of aliphatic hydroxyl groups is 1. The van der Waals surface area contributed by atoms with Crippen molar-refractivity contribution in [1.82, 2.24) is 24.1 Å². The van der Waals surface area contributed by atoms with E-state index in [0.29, 0.717) is 28.6 Å². The maximum absolute atomic E-state index is 15.2. The van der Waals surface area contributed by atoms with E-state index in [1.165, 1.54) is 36.7 Å². The van der Waals surface area contributed by atoms with Gasteiger partial charge in [0.05, 0.1) is 24.0 Å². The molecule has 1 aliphatic rings. The fourth-order valence-electron chi connectivity index (χ4n) is 5.49. The predicted octanol–water partition coefficient (Wildman–Crippen LogP) is 5.29. The second kappa shape index (κ2) is 10.8. The Morgan fingerprint density at radius 2 is 1.73 bits per heavy atom. The molecule has 10 heteroatoms. The van der Waals surface area contributed by atoms with Gasteiger partial charge in [-0.05, 0) is 67.7 Å². The van der Waals surface area contributed by atoms with Crippen LogP contribution in [-0.4, -0.2) is 76.3 Å². The minimum atomic E-state index is -4.81. The Morgan fingerprint density at radius 3 is 2.39 bits per heavy atom. The van der Waals surface area contributed by atoms with E-state index < -0.39 is 24.0 Å². The number of hydrogen-bond acceptors (Lipinski definition) is 4. The van der Waals surface area contributed by atoms with Crippen LogP contribution < -0.4 is 0 Å². The standard InChI is InChI=1S/C31H33F4N5O/c1-37(2)15-16-38(3)24-10-12-26-27(19-39(4)29(26)14-11-24)30(20-41,31(33,34)35)22-5-13-28-21(17-22)18-36-40(28)25-8-6-23(32)7-9-25/h5-13,17-19,41H,14-16,20H2,1-4H3. The number of rotatable bonds is 8. The minimum Gasteiger partial charge on any atom is -0.395 e. The Morgan fingerprint density at radius 1 is 1.00 bits per heavy atom. The van der Waals surface area contributed by atoms with E-state index in [2.05, 4.69) is 14.9 Å². The molecule has 41 heavy (non-hydrogen) atoms. The van der Waals surface area contributed by atoms with Crippen molar-refractivity contribution in [2.75, 3.05) is 40.8 Å². The summed E-state index contributed by atoms with van der Waals surface area (Å²) in [5.74, 6) is -0.399. The van der Waals surface area contributed by atoms with E-state index in [0.717, 1.165) is 24.5 Å². The third-order valence-electron chi connectivity index (χ3n) is 7.91. The minimum absolute atomic E-state index is 0.00267. The fraction of sp³-hybridized carbons (Fsp3) is 0.323. The molecule has 4 aromatic rings. The van der Waals surface area contributed by atoms with E-state index in [1.807, 2.05) is 33.3 Å². The molecule has 1 N–H and O–H groups in total. The van der Waals surface area contributed by atoms with E-state index >= 15 is 13.2 Å². The molecule has 2 aromatic carbocycles. The molecule has 0 fully saturated rings. The number of nitrogens with zero attached hydrogens (tertiary/aromatic N) is 5. The first-order valence-corrected chi connectivity index (χ1v) is 13.3. The van der Waals surface area contributed by atoms with Crippen LogP contribution in [0.15, 0.2) is 72.7 Å². The number of alkyl halides is 3. The van der Waals surface area contributed by atoms with Crippen LogP contribution >= 0.6 is 0 Å². The number of aromatic nitrogens is 3. The van der Waals surface area contributed by atoms with E-state index in [1.54, 1.807) is 40.6 Å². The van der Waals surface area contributed by atoms with Crippen molar-refractivity contribution < 1.29 is 22.7 Å². The summed E-state index contributed by atoms with van der Waals surface area (Å²) in [7, 11) is 7.68. The first kappa shape index (κ1) is 28.6. The average molecular weight is 568 g/mol. The zero-order chi connectivity index (χ0) is 29.5. The maximum Gasteiger partial charge on any atom is 0.404 e. The van der Waals surface area contributed by atoms with Gasteiger partial charge in [0.15, 0.2) is 0 Å². The molecule has 0 saturated carbocycles. The molecule has 0 spiro atoms.